The SMILES string of the molecule is CCOC(=O)C1CCC(OC(C(=O)OC(C)(C)C)(N2CCCC2)N2CCC[C@]2(COC)OC)CC1. The van der Waals surface area contributed by atoms with Crippen molar-refractivity contribution < 1.29 is 33.3 Å². The van der Waals surface area contributed by atoms with Gasteiger partial charge in [-0.05, 0) is 79.1 Å². The third-order valence-corrected chi connectivity index (χ3v) is 7.38. The molecule has 2 saturated heterocycles. The van der Waals surface area contributed by atoms with E-state index < -0.39 is 23.1 Å². The molecule has 0 N–H and O–H groups in total. The molecular formula is C26H46N2O7. The number of carbonyl (C=O) groups excluding carboxylic acids is 2. The van der Waals surface area contributed by atoms with E-state index in [0.717, 1.165) is 38.8 Å². The van der Waals surface area contributed by atoms with Gasteiger partial charge in [0.2, 0.25) is 0 Å². The van der Waals surface area contributed by atoms with Gasteiger partial charge in [-0.15, -0.1) is 0 Å². The molecule has 3 fully saturated rings. The Kier molecular flexibility index (Phi) is 9.59. The maximum absolute atomic E-state index is 14.2. The molecule has 0 aromatic heterocycles. The van der Waals surface area contributed by atoms with Crippen LogP contribution in [0.25, 0.3) is 0 Å². The number of rotatable bonds is 10. The fourth-order valence-corrected chi connectivity index (χ4v) is 5.80. The molecule has 35 heavy (non-hydrogen) atoms. The first kappa shape index (κ1) is 28.3. The quantitative estimate of drug-likeness (QED) is 0.421. The molecule has 0 spiro atoms. The molecule has 0 aromatic rings. The Morgan fingerprint density at radius 2 is 1.63 bits per heavy atom. The number of likely N-dealkylation sites (tertiary alicyclic amines) is 2. The molecule has 1 unspecified atom stereocenters. The van der Waals surface area contributed by atoms with E-state index in [9.17, 15) is 9.59 Å². The highest BCUT2D eigenvalue weighted by Crippen LogP contribution is 2.43. The Morgan fingerprint density at radius 1 is 0.971 bits per heavy atom. The summed E-state index contributed by atoms with van der Waals surface area (Å²) in [7, 11) is 3.32. The van der Waals surface area contributed by atoms with Gasteiger partial charge < -0.3 is 23.7 Å². The predicted molar refractivity (Wildman–Crippen MR) is 130 cm³/mol. The second-order valence-corrected chi connectivity index (χ2v) is 11.0. The maximum Gasteiger partial charge on any atom is 0.371 e. The van der Waals surface area contributed by atoms with Crippen LogP contribution in [0.15, 0.2) is 0 Å². The summed E-state index contributed by atoms with van der Waals surface area (Å²) in [6.45, 7) is 10.3. The second-order valence-electron chi connectivity index (χ2n) is 11.0. The number of esters is 2. The van der Waals surface area contributed by atoms with Crippen molar-refractivity contribution in [3.05, 3.63) is 0 Å². The monoisotopic (exact) mass is 498 g/mol. The van der Waals surface area contributed by atoms with E-state index in [1.54, 1.807) is 14.2 Å². The summed E-state index contributed by atoms with van der Waals surface area (Å²) in [4.78, 5) is 30.7. The summed E-state index contributed by atoms with van der Waals surface area (Å²) >= 11 is 0. The van der Waals surface area contributed by atoms with Crippen LogP contribution in [0.1, 0.15) is 79.1 Å². The minimum Gasteiger partial charge on any atom is -0.466 e. The van der Waals surface area contributed by atoms with Crippen molar-refractivity contribution >= 4 is 11.9 Å². The minimum absolute atomic E-state index is 0.115. The lowest BCUT2D eigenvalue weighted by Gasteiger charge is -2.52. The van der Waals surface area contributed by atoms with Crippen molar-refractivity contribution in [2.24, 2.45) is 5.92 Å². The Balaban J connectivity index is 1.97. The van der Waals surface area contributed by atoms with Crippen molar-refractivity contribution in [3.63, 3.8) is 0 Å². The Morgan fingerprint density at radius 3 is 2.17 bits per heavy atom. The first-order valence-electron chi connectivity index (χ1n) is 13.3. The summed E-state index contributed by atoms with van der Waals surface area (Å²) in [6, 6.07) is 0. The molecule has 3 aliphatic rings. The van der Waals surface area contributed by atoms with Gasteiger partial charge in [-0.3, -0.25) is 9.69 Å². The molecule has 9 heteroatoms. The van der Waals surface area contributed by atoms with Crippen molar-refractivity contribution in [1.82, 2.24) is 9.80 Å². The molecule has 3 rings (SSSR count). The molecule has 1 aliphatic carbocycles. The highest BCUT2D eigenvalue weighted by molar-refractivity contribution is 5.79. The molecule has 0 bridgehead atoms. The first-order valence-corrected chi connectivity index (χ1v) is 13.3. The lowest BCUT2D eigenvalue weighted by Crippen LogP contribution is -2.73. The predicted octanol–water partition coefficient (Wildman–Crippen LogP) is 3.30. The number of nitrogens with zero attached hydrogens (tertiary/aromatic N) is 2. The number of hydrogen-bond acceptors (Lipinski definition) is 9. The van der Waals surface area contributed by atoms with Crippen LogP contribution in [-0.4, -0.2) is 92.1 Å². The van der Waals surface area contributed by atoms with Crippen LogP contribution in [0.4, 0.5) is 0 Å². The number of carbonyl (C=O) groups is 2. The molecule has 202 valence electrons. The molecule has 0 radical (unpaired) electrons. The number of hydrogen-bond donors (Lipinski definition) is 0. The third-order valence-electron chi connectivity index (χ3n) is 7.38. The van der Waals surface area contributed by atoms with Crippen LogP contribution in [0, 0.1) is 5.92 Å². The zero-order chi connectivity index (χ0) is 25.7. The summed E-state index contributed by atoms with van der Waals surface area (Å²) in [5, 5.41) is 0. The van der Waals surface area contributed by atoms with Crippen LogP contribution in [0.5, 0.6) is 0 Å². The van der Waals surface area contributed by atoms with Gasteiger partial charge in [0, 0.05) is 33.9 Å². The number of ether oxygens (including phenoxy) is 5. The van der Waals surface area contributed by atoms with Crippen molar-refractivity contribution in [1.29, 1.82) is 0 Å². The smallest absolute Gasteiger partial charge is 0.371 e. The fraction of sp³-hybridized carbons (Fsp3) is 0.923. The van der Waals surface area contributed by atoms with Crippen molar-refractivity contribution in [2.75, 3.05) is 47.1 Å². The average molecular weight is 499 g/mol. The second kappa shape index (κ2) is 11.9. The van der Waals surface area contributed by atoms with Gasteiger partial charge in [0.1, 0.15) is 11.3 Å². The first-order chi connectivity index (χ1) is 16.6. The number of methoxy groups -OCH3 is 2. The van der Waals surface area contributed by atoms with E-state index in [1.807, 2.05) is 27.7 Å². The molecule has 0 amide bonds. The maximum atomic E-state index is 14.2. The Bertz CT molecular complexity index is 713. The van der Waals surface area contributed by atoms with Gasteiger partial charge in [0.25, 0.3) is 5.85 Å². The van der Waals surface area contributed by atoms with Crippen molar-refractivity contribution in [3.8, 4) is 0 Å². The highest BCUT2D eigenvalue weighted by atomic mass is 16.6. The van der Waals surface area contributed by atoms with Gasteiger partial charge in [-0.25, -0.2) is 9.69 Å². The van der Waals surface area contributed by atoms with E-state index in [0.29, 0.717) is 45.4 Å². The average Bonchev–Trinajstić information content (AvgIpc) is 3.48. The molecular weight excluding hydrogens is 452 g/mol. The zero-order valence-electron chi connectivity index (χ0n) is 22.6. The van der Waals surface area contributed by atoms with Crippen LogP contribution in [0.3, 0.4) is 0 Å². The third kappa shape index (κ3) is 6.18. The largest absolute Gasteiger partial charge is 0.466 e. The van der Waals surface area contributed by atoms with E-state index in [2.05, 4.69) is 9.80 Å². The van der Waals surface area contributed by atoms with Crippen LogP contribution < -0.4 is 0 Å². The Labute approximate surface area is 210 Å². The lowest BCUT2D eigenvalue weighted by molar-refractivity contribution is -0.320. The van der Waals surface area contributed by atoms with Crippen LogP contribution >= 0.6 is 0 Å². The summed E-state index contributed by atoms with van der Waals surface area (Å²) < 4.78 is 29.9. The molecule has 0 aromatic carbocycles. The molecule has 2 heterocycles. The van der Waals surface area contributed by atoms with Gasteiger partial charge >= 0.3 is 11.9 Å². The van der Waals surface area contributed by atoms with Gasteiger partial charge in [-0.1, -0.05) is 0 Å². The molecule has 1 saturated carbocycles. The van der Waals surface area contributed by atoms with E-state index in [1.165, 1.54) is 0 Å². The zero-order valence-corrected chi connectivity index (χ0v) is 22.6. The lowest BCUT2D eigenvalue weighted by atomic mass is 9.87. The van der Waals surface area contributed by atoms with Gasteiger partial charge in [-0.2, -0.15) is 0 Å². The molecule has 2 aliphatic heterocycles. The summed E-state index contributed by atoms with van der Waals surface area (Å²) in [5.74, 6) is -2.08. The molecule has 2 atom stereocenters. The van der Waals surface area contributed by atoms with Crippen LogP contribution in [0.2, 0.25) is 0 Å². The normalized spacial score (nSPS) is 30.2. The Hall–Kier alpha value is -1.26. The van der Waals surface area contributed by atoms with Crippen molar-refractivity contribution in [2.45, 2.75) is 102 Å². The topological polar surface area (TPSA) is 86.8 Å². The van der Waals surface area contributed by atoms with E-state index in [-0.39, 0.29) is 18.0 Å². The minimum atomic E-state index is -1.42. The highest BCUT2D eigenvalue weighted by Gasteiger charge is 2.62. The van der Waals surface area contributed by atoms with E-state index in [4.69, 9.17) is 23.7 Å². The van der Waals surface area contributed by atoms with Gasteiger partial charge in [0.05, 0.1) is 25.2 Å². The van der Waals surface area contributed by atoms with Gasteiger partial charge in [0.15, 0.2) is 0 Å². The molecule has 9 nitrogen and oxygen atoms in total. The standard InChI is InChI=1S/C26H46N2O7/c1-7-33-22(29)20-11-13-21(14-12-20)34-26(27-16-8-9-17-27,23(30)35-24(2,3)4)28-18-10-15-25(28,32-6)19-31-5/h20-21H,7-19H2,1-6H3/t20?,21?,25-,26?/m1/s1. The fourth-order valence-electron chi connectivity index (χ4n) is 5.80. The van der Waals surface area contributed by atoms with Crippen LogP contribution in [-0.2, 0) is 33.3 Å². The summed E-state index contributed by atoms with van der Waals surface area (Å²) in [5.41, 5.74) is -1.47. The summed E-state index contributed by atoms with van der Waals surface area (Å²) in [6.07, 6.45) is 6.10. The van der Waals surface area contributed by atoms with E-state index >= 15 is 0 Å².